The fraction of sp³-hybridized carbons (Fsp3) is 0.211. The quantitative estimate of drug-likeness (QED) is 0.717. The summed E-state index contributed by atoms with van der Waals surface area (Å²) in [4.78, 5) is 15.7. The maximum atomic E-state index is 13.7. The molecule has 0 bridgehead atoms. The van der Waals surface area contributed by atoms with Gasteiger partial charge in [-0.15, -0.1) is 0 Å². The molecule has 1 amide bonds. The van der Waals surface area contributed by atoms with Crippen LogP contribution < -0.4 is 5.73 Å². The van der Waals surface area contributed by atoms with Gasteiger partial charge in [-0.05, 0) is 36.1 Å². The molecule has 1 heterocycles. The predicted octanol–water partition coefficient (Wildman–Crippen LogP) is 3.07. The Morgan fingerprint density at radius 3 is 2.52 bits per heavy atom. The number of aromatic nitrogens is 2. The summed E-state index contributed by atoms with van der Waals surface area (Å²) in [6, 6.07) is 13.8. The van der Waals surface area contributed by atoms with Crippen molar-refractivity contribution in [1.82, 2.24) is 10.1 Å². The van der Waals surface area contributed by atoms with Crippen molar-refractivity contribution in [3.05, 3.63) is 82.8 Å². The number of primary amides is 1. The smallest absolute Gasteiger partial charge is 0.248 e. The summed E-state index contributed by atoms with van der Waals surface area (Å²) >= 11 is 0. The molecule has 2 N–H and O–H groups in total. The molecule has 3 aromatic rings. The van der Waals surface area contributed by atoms with Crippen molar-refractivity contribution in [3.63, 3.8) is 0 Å². The van der Waals surface area contributed by atoms with E-state index in [4.69, 9.17) is 10.3 Å². The molecular formula is C19H18FN3O2. The van der Waals surface area contributed by atoms with Crippen molar-refractivity contribution in [3.8, 4) is 0 Å². The van der Waals surface area contributed by atoms with Gasteiger partial charge in [0.25, 0.3) is 0 Å². The van der Waals surface area contributed by atoms with E-state index in [1.165, 1.54) is 6.07 Å². The normalized spacial score (nSPS) is 10.8. The van der Waals surface area contributed by atoms with Crippen LogP contribution in [0.15, 0.2) is 53.1 Å². The molecule has 0 aliphatic heterocycles. The average Bonchev–Trinajstić information content (AvgIpc) is 3.05. The molecule has 6 heteroatoms. The van der Waals surface area contributed by atoms with Gasteiger partial charge in [-0.3, -0.25) is 4.79 Å². The first kappa shape index (κ1) is 16.8. The minimum Gasteiger partial charge on any atom is -0.366 e. The maximum absolute atomic E-state index is 13.7. The highest BCUT2D eigenvalue weighted by atomic mass is 19.1. The van der Waals surface area contributed by atoms with Gasteiger partial charge in [0, 0.05) is 18.4 Å². The van der Waals surface area contributed by atoms with E-state index < -0.39 is 5.91 Å². The number of hydrogen-bond donors (Lipinski definition) is 1. The first-order valence-corrected chi connectivity index (χ1v) is 8.06. The maximum Gasteiger partial charge on any atom is 0.248 e. The lowest BCUT2D eigenvalue weighted by molar-refractivity contribution is 0.0999. The third-order valence-corrected chi connectivity index (χ3v) is 3.94. The number of hydrogen-bond acceptors (Lipinski definition) is 4. The lowest BCUT2D eigenvalue weighted by atomic mass is 10.0. The molecule has 128 valence electrons. The second kappa shape index (κ2) is 7.70. The zero-order valence-electron chi connectivity index (χ0n) is 13.6. The van der Waals surface area contributed by atoms with Crippen molar-refractivity contribution >= 4 is 5.91 Å². The molecule has 1 aromatic heterocycles. The molecule has 0 atom stereocenters. The van der Waals surface area contributed by atoms with Crippen LogP contribution in [0.1, 0.15) is 39.6 Å². The van der Waals surface area contributed by atoms with Gasteiger partial charge in [0.2, 0.25) is 11.8 Å². The van der Waals surface area contributed by atoms with Gasteiger partial charge in [-0.2, -0.15) is 4.98 Å². The van der Waals surface area contributed by atoms with Crippen molar-refractivity contribution in [2.45, 2.75) is 25.7 Å². The molecule has 0 aliphatic rings. The third kappa shape index (κ3) is 4.29. The lowest BCUT2D eigenvalue weighted by Gasteiger charge is -2.05. The number of carbonyl (C=O) groups excluding carboxylic acids is 1. The fourth-order valence-corrected chi connectivity index (χ4v) is 2.68. The molecule has 0 fully saturated rings. The number of amides is 1. The Hall–Kier alpha value is -3.02. The number of nitrogens with zero attached hydrogens (tertiary/aromatic N) is 2. The Bertz CT molecular complexity index is 876. The minimum absolute atomic E-state index is 0.281. The topological polar surface area (TPSA) is 82.0 Å². The van der Waals surface area contributed by atoms with Crippen LogP contribution in [0.3, 0.4) is 0 Å². The Kier molecular flexibility index (Phi) is 5.18. The van der Waals surface area contributed by atoms with Gasteiger partial charge >= 0.3 is 0 Å². The summed E-state index contributed by atoms with van der Waals surface area (Å²) in [7, 11) is 0. The minimum atomic E-state index is -0.430. The van der Waals surface area contributed by atoms with Crippen LogP contribution >= 0.6 is 0 Å². The largest absolute Gasteiger partial charge is 0.366 e. The monoisotopic (exact) mass is 339 g/mol. The molecule has 3 rings (SSSR count). The molecule has 0 saturated carbocycles. The van der Waals surface area contributed by atoms with E-state index in [2.05, 4.69) is 10.1 Å². The highest BCUT2D eigenvalue weighted by molar-refractivity contribution is 5.94. The molecule has 25 heavy (non-hydrogen) atoms. The van der Waals surface area contributed by atoms with Gasteiger partial charge in [0.1, 0.15) is 5.82 Å². The molecule has 0 radical (unpaired) electrons. The van der Waals surface area contributed by atoms with E-state index in [9.17, 15) is 9.18 Å². The Balaban J connectivity index is 1.58. The second-order valence-corrected chi connectivity index (χ2v) is 5.75. The summed E-state index contributed by atoms with van der Waals surface area (Å²) in [5, 5.41) is 3.90. The zero-order chi connectivity index (χ0) is 17.6. The van der Waals surface area contributed by atoms with E-state index in [1.807, 2.05) is 12.1 Å². The summed E-state index contributed by atoms with van der Waals surface area (Å²) in [5.41, 5.74) is 7.35. The van der Waals surface area contributed by atoms with Crippen molar-refractivity contribution < 1.29 is 13.7 Å². The average molecular weight is 339 g/mol. The fourth-order valence-electron chi connectivity index (χ4n) is 2.68. The van der Waals surface area contributed by atoms with E-state index in [-0.39, 0.29) is 5.82 Å². The van der Waals surface area contributed by atoms with E-state index >= 15 is 0 Å². The predicted molar refractivity (Wildman–Crippen MR) is 90.5 cm³/mol. The molecule has 5 nitrogen and oxygen atoms in total. The number of halogens is 1. The van der Waals surface area contributed by atoms with Gasteiger partial charge in [-0.1, -0.05) is 41.6 Å². The van der Waals surface area contributed by atoms with E-state index in [0.717, 1.165) is 12.0 Å². The standard InChI is InChI=1S/C19H18FN3O2/c20-16-10-4-2-7-14(16)12-17-22-18(25-23-17)11-5-8-13-6-1-3-9-15(13)19(21)24/h1-4,6-7,9-10H,5,8,11-12H2,(H2,21,24). The molecule has 0 unspecified atom stereocenters. The second-order valence-electron chi connectivity index (χ2n) is 5.75. The van der Waals surface area contributed by atoms with Gasteiger partial charge in [-0.25, -0.2) is 4.39 Å². The van der Waals surface area contributed by atoms with Crippen LogP contribution in [0, 0.1) is 5.82 Å². The van der Waals surface area contributed by atoms with Crippen molar-refractivity contribution in [2.24, 2.45) is 5.73 Å². The highest BCUT2D eigenvalue weighted by Gasteiger charge is 2.11. The van der Waals surface area contributed by atoms with Crippen LogP contribution in [0.4, 0.5) is 4.39 Å². The Morgan fingerprint density at radius 1 is 1.04 bits per heavy atom. The molecule has 0 saturated heterocycles. The third-order valence-electron chi connectivity index (χ3n) is 3.94. The Morgan fingerprint density at radius 2 is 1.76 bits per heavy atom. The summed E-state index contributed by atoms with van der Waals surface area (Å²) < 4.78 is 18.9. The molecule has 0 spiro atoms. The zero-order valence-corrected chi connectivity index (χ0v) is 13.6. The van der Waals surface area contributed by atoms with Crippen LogP contribution in [-0.4, -0.2) is 16.0 Å². The molecule has 2 aromatic carbocycles. The van der Waals surface area contributed by atoms with Gasteiger partial charge in [0.05, 0.1) is 0 Å². The number of benzene rings is 2. The van der Waals surface area contributed by atoms with Crippen molar-refractivity contribution in [1.29, 1.82) is 0 Å². The van der Waals surface area contributed by atoms with Crippen molar-refractivity contribution in [2.75, 3.05) is 0 Å². The first-order valence-electron chi connectivity index (χ1n) is 8.06. The molecule has 0 aliphatic carbocycles. The van der Waals surface area contributed by atoms with Crippen LogP contribution in [0.5, 0.6) is 0 Å². The lowest BCUT2D eigenvalue weighted by Crippen LogP contribution is -2.13. The van der Waals surface area contributed by atoms with Crippen LogP contribution in [-0.2, 0) is 19.3 Å². The Labute approximate surface area is 144 Å². The first-order chi connectivity index (χ1) is 12.1. The molecular weight excluding hydrogens is 321 g/mol. The number of nitrogens with two attached hydrogens (primary N) is 1. The number of aryl methyl sites for hydroxylation is 2. The van der Waals surface area contributed by atoms with Gasteiger partial charge < -0.3 is 10.3 Å². The summed E-state index contributed by atoms with van der Waals surface area (Å²) in [5.74, 6) is 0.248. The number of carbonyl (C=O) groups is 1. The SMILES string of the molecule is NC(=O)c1ccccc1CCCc1nc(Cc2ccccc2F)no1. The highest BCUT2D eigenvalue weighted by Crippen LogP contribution is 2.14. The summed E-state index contributed by atoms with van der Waals surface area (Å²) in [6.45, 7) is 0. The number of rotatable bonds is 7. The van der Waals surface area contributed by atoms with Crippen LogP contribution in [0.25, 0.3) is 0 Å². The van der Waals surface area contributed by atoms with Gasteiger partial charge in [0.15, 0.2) is 5.82 Å². The van der Waals surface area contributed by atoms with E-state index in [1.54, 1.807) is 30.3 Å². The van der Waals surface area contributed by atoms with E-state index in [0.29, 0.717) is 42.1 Å². The van der Waals surface area contributed by atoms with Crippen LogP contribution in [0.2, 0.25) is 0 Å². The summed E-state index contributed by atoms with van der Waals surface area (Å²) in [6.07, 6.45) is 2.30.